The van der Waals surface area contributed by atoms with E-state index in [1.165, 1.54) is 0 Å². The number of aliphatic carboxylic acids is 1. The molecule has 0 rings (SSSR count). The predicted octanol–water partition coefficient (Wildman–Crippen LogP) is -2.87. The first-order valence-corrected chi connectivity index (χ1v) is 2.51. The summed E-state index contributed by atoms with van der Waals surface area (Å²) in [6.45, 7) is 2.59. The van der Waals surface area contributed by atoms with Gasteiger partial charge in [-0.15, -0.1) is 0 Å². The van der Waals surface area contributed by atoms with Crippen molar-refractivity contribution in [2.75, 3.05) is 0 Å². The second-order valence-corrected chi connectivity index (χ2v) is 1.66. The van der Waals surface area contributed by atoms with Crippen molar-refractivity contribution in [1.29, 1.82) is 0 Å². The molecule has 0 saturated carbocycles. The first-order chi connectivity index (χ1) is 5.25. The van der Waals surface area contributed by atoms with Gasteiger partial charge in [0, 0.05) is 0 Å². The number of ether oxygens (including phenoxy) is 1. The van der Waals surface area contributed by atoms with Crippen LogP contribution in [0, 0.1) is 0 Å². The zero-order valence-corrected chi connectivity index (χ0v) is 8.52. The SMILES string of the molecule is C=COC(F)(C(=O)[O-])C(F)(F)F.[Na+]. The van der Waals surface area contributed by atoms with E-state index in [4.69, 9.17) is 0 Å². The number of carbonyl (C=O) groups excluding carboxylic acids is 1. The van der Waals surface area contributed by atoms with Gasteiger partial charge in [0.2, 0.25) is 0 Å². The number of carbonyl (C=O) groups is 1. The molecule has 0 spiro atoms. The van der Waals surface area contributed by atoms with Gasteiger partial charge in [-0.25, -0.2) is 0 Å². The van der Waals surface area contributed by atoms with Crippen LogP contribution < -0.4 is 34.7 Å². The largest absolute Gasteiger partial charge is 1.00 e. The number of carboxylic acids is 1. The molecule has 70 valence electrons. The van der Waals surface area contributed by atoms with E-state index in [1.54, 1.807) is 0 Å². The van der Waals surface area contributed by atoms with E-state index in [0.717, 1.165) is 0 Å². The molecule has 3 nitrogen and oxygen atoms in total. The van der Waals surface area contributed by atoms with E-state index in [1.807, 2.05) is 0 Å². The predicted molar refractivity (Wildman–Crippen MR) is 26.2 cm³/mol. The molecule has 0 radical (unpaired) electrons. The van der Waals surface area contributed by atoms with Gasteiger partial charge in [-0.2, -0.15) is 17.6 Å². The summed E-state index contributed by atoms with van der Waals surface area (Å²) < 4.78 is 50.2. The summed E-state index contributed by atoms with van der Waals surface area (Å²) in [5.41, 5.74) is 0. The molecule has 0 aromatic rings. The van der Waals surface area contributed by atoms with Gasteiger partial charge in [0.25, 0.3) is 0 Å². The first-order valence-electron chi connectivity index (χ1n) is 2.51. The molecule has 0 aliphatic heterocycles. The summed E-state index contributed by atoms with van der Waals surface area (Å²) >= 11 is 0. The Morgan fingerprint density at radius 3 is 1.85 bits per heavy atom. The van der Waals surface area contributed by atoms with Gasteiger partial charge in [0.1, 0.15) is 5.97 Å². The smallest absolute Gasteiger partial charge is 0.543 e. The molecule has 0 aromatic heterocycles. The molecule has 0 aliphatic carbocycles. The van der Waals surface area contributed by atoms with Crippen molar-refractivity contribution in [3.05, 3.63) is 12.8 Å². The van der Waals surface area contributed by atoms with Crippen molar-refractivity contribution < 1.29 is 61.8 Å². The van der Waals surface area contributed by atoms with Crippen LogP contribution in [0.2, 0.25) is 0 Å². The van der Waals surface area contributed by atoms with Gasteiger partial charge in [-0.3, -0.25) is 0 Å². The number of halogens is 4. The Labute approximate surface area is 92.7 Å². The fraction of sp³-hybridized carbons (Fsp3) is 0.400. The zero-order chi connectivity index (χ0) is 9.99. The van der Waals surface area contributed by atoms with Gasteiger partial charge in [0.15, 0.2) is 0 Å². The summed E-state index contributed by atoms with van der Waals surface area (Å²) in [7, 11) is 0. The number of carboxylic acid groups (broad SMARTS) is 1. The van der Waals surface area contributed by atoms with Crippen LogP contribution in [-0.2, 0) is 9.53 Å². The normalized spacial score (nSPS) is 15.1. The van der Waals surface area contributed by atoms with E-state index in [2.05, 4.69) is 11.3 Å². The zero-order valence-electron chi connectivity index (χ0n) is 6.52. The third kappa shape index (κ3) is 3.17. The maximum Gasteiger partial charge on any atom is 1.00 e. The fourth-order valence-electron chi connectivity index (χ4n) is 0.345. The maximum atomic E-state index is 12.3. The summed E-state index contributed by atoms with van der Waals surface area (Å²) in [6, 6.07) is 0. The average molecular weight is 210 g/mol. The van der Waals surface area contributed by atoms with E-state index in [-0.39, 0.29) is 35.8 Å². The molecule has 8 heteroatoms. The number of rotatable bonds is 3. The van der Waals surface area contributed by atoms with Crippen LogP contribution in [0.1, 0.15) is 0 Å². The van der Waals surface area contributed by atoms with E-state index in [0.29, 0.717) is 0 Å². The van der Waals surface area contributed by atoms with E-state index < -0.39 is 18.0 Å². The molecule has 0 heterocycles. The molecule has 0 saturated heterocycles. The van der Waals surface area contributed by atoms with Crippen molar-refractivity contribution >= 4 is 5.97 Å². The second kappa shape index (κ2) is 4.83. The Bertz CT molecular complexity index is 204. The van der Waals surface area contributed by atoms with Gasteiger partial charge in [-0.1, -0.05) is 6.58 Å². The fourth-order valence-corrected chi connectivity index (χ4v) is 0.345. The van der Waals surface area contributed by atoms with Gasteiger partial charge >= 0.3 is 41.6 Å². The molecule has 13 heavy (non-hydrogen) atoms. The van der Waals surface area contributed by atoms with Gasteiger partial charge in [-0.05, 0) is 0 Å². The number of hydrogen-bond acceptors (Lipinski definition) is 3. The molecule has 1 atom stereocenters. The standard InChI is InChI=1S/C5H4F4O3.Na/c1-2-12-4(6,3(10)11)5(7,8)9;/h2H,1H2,(H,10,11);/q;+1/p-1. The van der Waals surface area contributed by atoms with Crippen molar-refractivity contribution in [2.45, 2.75) is 12.0 Å². The van der Waals surface area contributed by atoms with E-state index in [9.17, 15) is 27.5 Å². The average Bonchev–Trinajstić information content (AvgIpc) is 1.85. The van der Waals surface area contributed by atoms with Crippen LogP contribution in [0.25, 0.3) is 0 Å². The molecule has 0 N–H and O–H groups in total. The van der Waals surface area contributed by atoms with Crippen molar-refractivity contribution in [3.8, 4) is 0 Å². The molecule has 0 amide bonds. The van der Waals surface area contributed by atoms with Crippen molar-refractivity contribution in [2.24, 2.45) is 0 Å². The van der Waals surface area contributed by atoms with E-state index >= 15 is 0 Å². The topological polar surface area (TPSA) is 49.4 Å². The maximum absolute atomic E-state index is 12.3. The number of hydrogen-bond donors (Lipinski definition) is 0. The van der Waals surface area contributed by atoms with Crippen molar-refractivity contribution in [1.82, 2.24) is 0 Å². The monoisotopic (exact) mass is 210 g/mol. The molecular formula is C5H3F4NaO3. The minimum absolute atomic E-state index is 0. The Balaban J connectivity index is 0. The Kier molecular flexibility index (Phi) is 5.65. The summed E-state index contributed by atoms with van der Waals surface area (Å²) in [5.74, 6) is -7.84. The van der Waals surface area contributed by atoms with Gasteiger partial charge in [0.05, 0.1) is 6.26 Å². The third-order valence-corrected chi connectivity index (χ3v) is 0.873. The molecule has 0 bridgehead atoms. The Hall–Kier alpha value is -0.270. The minimum atomic E-state index is -5.69. The molecule has 0 aliphatic rings. The third-order valence-electron chi connectivity index (χ3n) is 0.873. The van der Waals surface area contributed by atoms with Crippen LogP contribution >= 0.6 is 0 Å². The van der Waals surface area contributed by atoms with Crippen LogP contribution in [-0.4, -0.2) is 18.0 Å². The summed E-state index contributed by atoms with van der Waals surface area (Å²) in [5, 5.41) is 9.68. The summed E-state index contributed by atoms with van der Waals surface area (Å²) in [4.78, 5) is 9.68. The Morgan fingerprint density at radius 2 is 1.77 bits per heavy atom. The number of alkyl halides is 4. The van der Waals surface area contributed by atoms with Gasteiger partial charge < -0.3 is 14.6 Å². The van der Waals surface area contributed by atoms with Crippen LogP contribution in [0.4, 0.5) is 17.6 Å². The molecular weight excluding hydrogens is 207 g/mol. The molecule has 1 unspecified atom stereocenters. The molecule has 0 fully saturated rings. The Morgan fingerprint density at radius 1 is 1.38 bits per heavy atom. The minimum Gasteiger partial charge on any atom is -0.543 e. The second-order valence-electron chi connectivity index (χ2n) is 1.66. The first kappa shape index (κ1) is 15.2. The quantitative estimate of drug-likeness (QED) is 0.286. The van der Waals surface area contributed by atoms with Crippen molar-refractivity contribution in [3.63, 3.8) is 0 Å². The molecule has 0 aromatic carbocycles. The summed E-state index contributed by atoms with van der Waals surface area (Å²) in [6.07, 6.45) is -5.66. The van der Waals surface area contributed by atoms with Crippen LogP contribution in [0.3, 0.4) is 0 Å². The van der Waals surface area contributed by atoms with Crippen LogP contribution in [0.15, 0.2) is 12.8 Å². The van der Waals surface area contributed by atoms with Crippen LogP contribution in [0.5, 0.6) is 0 Å².